The van der Waals surface area contributed by atoms with Gasteiger partial charge in [-0.15, -0.1) is 0 Å². The van der Waals surface area contributed by atoms with Crippen LogP contribution < -0.4 is 10.2 Å². The van der Waals surface area contributed by atoms with Gasteiger partial charge in [-0.25, -0.2) is 0 Å². The van der Waals surface area contributed by atoms with E-state index in [1.165, 1.54) is 12.1 Å². The Hall–Kier alpha value is -2.44. The van der Waals surface area contributed by atoms with Gasteiger partial charge in [-0.1, -0.05) is 0 Å². The zero-order valence-corrected chi connectivity index (χ0v) is 10.2. The van der Waals surface area contributed by atoms with E-state index in [1.807, 2.05) is 0 Å². The molecule has 0 unspecified atom stereocenters. The fourth-order valence-electron chi connectivity index (χ4n) is 2.04. The second-order valence-corrected chi connectivity index (χ2v) is 4.21. The lowest BCUT2D eigenvalue weighted by atomic mass is 10.1. The highest BCUT2D eigenvalue weighted by molar-refractivity contribution is 5.81. The highest BCUT2D eigenvalue weighted by atomic mass is 16.6. The molecule has 7 heteroatoms. The first-order valence-electron chi connectivity index (χ1n) is 5.87. The van der Waals surface area contributed by atoms with Gasteiger partial charge in [0.15, 0.2) is 0 Å². The van der Waals surface area contributed by atoms with Gasteiger partial charge in [-0.2, -0.15) is 0 Å². The zero-order valence-electron chi connectivity index (χ0n) is 10.2. The standard InChI is InChI=1S/C12H13N3O4/c16-8-9-1-2-10(11(7-9)15(18)19)14-5-3-12(17)13-4-6-14/h1-2,7-8H,3-6H2,(H,13,17). The quantitative estimate of drug-likeness (QED) is 0.493. The Bertz CT molecular complexity index is 530. The number of nitro groups is 1. The molecule has 1 heterocycles. The van der Waals surface area contributed by atoms with Crippen molar-refractivity contribution in [2.45, 2.75) is 6.42 Å². The minimum absolute atomic E-state index is 0.0605. The van der Waals surface area contributed by atoms with Gasteiger partial charge in [0, 0.05) is 37.7 Å². The van der Waals surface area contributed by atoms with Crippen LogP contribution in [-0.2, 0) is 4.79 Å². The fourth-order valence-corrected chi connectivity index (χ4v) is 2.04. The molecule has 1 aromatic carbocycles. The van der Waals surface area contributed by atoms with E-state index < -0.39 is 4.92 Å². The van der Waals surface area contributed by atoms with Crippen LogP contribution in [0.15, 0.2) is 18.2 Å². The maximum absolute atomic E-state index is 11.3. The number of aldehydes is 1. The average molecular weight is 263 g/mol. The molecule has 0 saturated carbocycles. The molecule has 1 saturated heterocycles. The maximum Gasteiger partial charge on any atom is 0.293 e. The Morgan fingerprint density at radius 1 is 1.37 bits per heavy atom. The summed E-state index contributed by atoms with van der Waals surface area (Å²) in [6.07, 6.45) is 0.872. The Balaban J connectivity index is 2.35. The zero-order chi connectivity index (χ0) is 13.8. The third kappa shape index (κ3) is 2.87. The van der Waals surface area contributed by atoms with Gasteiger partial charge >= 0.3 is 0 Å². The van der Waals surface area contributed by atoms with E-state index in [1.54, 1.807) is 11.0 Å². The van der Waals surface area contributed by atoms with Crippen LogP contribution in [0.4, 0.5) is 11.4 Å². The summed E-state index contributed by atoms with van der Waals surface area (Å²) in [5.74, 6) is -0.0605. The minimum Gasteiger partial charge on any atom is -0.364 e. The van der Waals surface area contributed by atoms with E-state index in [9.17, 15) is 19.7 Å². The number of carbonyl (C=O) groups is 2. The molecule has 100 valence electrons. The number of anilines is 1. The third-order valence-corrected chi connectivity index (χ3v) is 2.99. The Kier molecular flexibility index (Phi) is 3.74. The second-order valence-electron chi connectivity index (χ2n) is 4.21. The Labute approximate surface area is 109 Å². The van der Waals surface area contributed by atoms with Gasteiger partial charge in [0.1, 0.15) is 12.0 Å². The molecule has 2 rings (SSSR count). The number of benzene rings is 1. The first kappa shape index (κ1) is 13.0. The lowest BCUT2D eigenvalue weighted by Gasteiger charge is -2.21. The lowest BCUT2D eigenvalue weighted by molar-refractivity contribution is -0.384. The molecular formula is C12H13N3O4. The summed E-state index contributed by atoms with van der Waals surface area (Å²) in [5.41, 5.74) is 0.588. The molecule has 0 aromatic heterocycles. The van der Waals surface area contributed by atoms with Gasteiger partial charge in [0.2, 0.25) is 5.91 Å². The second kappa shape index (κ2) is 5.47. The van der Waals surface area contributed by atoms with E-state index in [2.05, 4.69) is 5.32 Å². The van der Waals surface area contributed by atoms with Crippen molar-refractivity contribution in [3.8, 4) is 0 Å². The van der Waals surface area contributed by atoms with E-state index in [4.69, 9.17) is 0 Å². The average Bonchev–Trinajstić information content (AvgIpc) is 2.62. The first-order valence-corrected chi connectivity index (χ1v) is 5.87. The molecule has 0 spiro atoms. The van der Waals surface area contributed by atoms with Crippen molar-refractivity contribution in [1.29, 1.82) is 0 Å². The van der Waals surface area contributed by atoms with Gasteiger partial charge in [0.05, 0.1) is 4.92 Å². The largest absolute Gasteiger partial charge is 0.364 e. The number of carbonyl (C=O) groups excluding carboxylic acids is 2. The first-order chi connectivity index (χ1) is 9.11. The summed E-state index contributed by atoms with van der Waals surface area (Å²) in [4.78, 5) is 34.3. The van der Waals surface area contributed by atoms with Crippen molar-refractivity contribution in [3.05, 3.63) is 33.9 Å². The van der Waals surface area contributed by atoms with Crippen molar-refractivity contribution in [2.75, 3.05) is 24.5 Å². The topological polar surface area (TPSA) is 92.6 Å². The summed E-state index contributed by atoms with van der Waals surface area (Å²) in [6, 6.07) is 4.34. The summed E-state index contributed by atoms with van der Waals surface area (Å²) < 4.78 is 0. The fraction of sp³-hybridized carbons (Fsp3) is 0.333. The number of hydrogen-bond acceptors (Lipinski definition) is 5. The van der Waals surface area contributed by atoms with E-state index in [-0.39, 0.29) is 17.2 Å². The van der Waals surface area contributed by atoms with E-state index in [0.29, 0.717) is 38.0 Å². The van der Waals surface area contributed by atoms with Crippen LogP contribution in [0.2, 0.25) is 0 Å². The minimum atomic E-state index is -0.511. The molecule has 7 nitrogen and oxygen atoms in total. The molecule has 1 N–H and O–H groups in total. The summed E-state index contributed by atoms with van der Waals surface area (Å²) in [7, 11) is 0. The molecular weight excluding hydrogens is 250 g/mol. The Morgan fingerprint density at radius 2 is 2.16 bits per heavy atom. The van der Waals surface area contributed by atoms with Crippen LogP contribution in [0.25, 0.3) is 0 Å². The molecule has 0 radical (unpaired) electrons. The highest BCUT2D eigenvalue weighted by Gasteiger charge is 2.22. The number of nitrogens with one attached hydrogen (secondary N) is 1. The number of hydrogen-bond donors (Lipinski definition) is 1. The van der Waals surface area contributed by atoms with Gasteiger partial charge in [-0.3, -0.25) is 19.7 Å². The monoisotopic (exact) mass is 263 g/mol. The van der Waals surface area contributed by atoms with Crippen LogP contribution in [0, 0.1) is 10.1 Å². The van der Waals surface area contributed by atoms with Crippen molar-refractivity contribution in [3.63, 3.8) is 0 Å². The normalized spacial score (nSPS) is 15.6. The molecule has 0 aliphatic carbocycles. The molecule has 1 aliphatic rings. The maximum atomic E-state index is 11.3. The number of amides is 1. The predicted molar refractivity (Wildman–Crippen MR) is 68.3 cm³/mol. The highest BCUT2D eigenvalue weighted by Crippen LogP contribution is 2.29. The van der Waals surface area contributed by atoms with E-state index in [0.717, 1.165) is 0 Å². The summed E-state index contributed by atoms with van der Waals surface area (Å²) >= 11 is 0. The number of nitro benzene ring substituents is 1. The predicted octanol–water partition coefficient (Wildman–Crippen LogP) is 0.734. The molecule has 19 heavy (non-hydrogen) atoms. The SMILES string of the molecule is O=Cc1ccc(N2CCNC(=O)CC2)c([N+](=O)[O-])c1. The van der Waals surface area contributed by atoms with Crippen LogP contribution in [0.1, 0.15) is 16.8 Å². The third-order valence-electron chi connectivity index (χ3n) is 2.99. The molecule has 1 aliphatic heterocycles. The molecule has 0 atom stereocenters. The molecule has 1 amide bonds. The number of nitrogens with zero attached hydrogens (tertiary/aromatic N) is 2. The summed E-state index contributed by atoms with van der Waals surface area (Å²) in [6.45, 7) is 1.38. The van der Waals surface area contributed by atoms with Crippen molar-refractivity contribution >= 4 is 23.6 Å². The number of rotatable bonds is 3. The van der Waals surface area contributed by atoms with Crippen molar-refractivity contribution in [2.24, 2.45) is 0 Å². The molecule has 0 bridgehead atoms. The Morgan fingerprint density at radius 3 is 2.84 bits per heavy atom. The van der Waals surface area contributed by atoms with Crippen molar-refractivity contribution in [1.82, 2.24) is 5.32 Å². The van der Waals surface area contributed by atoms with E-state index >= 15 is 0 Å². The van der Waals surface area contributed by atoms with Gasteiger partial charge in [-0.05, 0) is 12.1 Å². The van der Waals surface area contributed by atoms with Crippen LogP contribution in [-0.4, -0.2) is 36.8 Å². The molecule has 1 fully saturated rings. The lowest BCUT2D eigenvalue weighted by Crippen LogP contribution is -2.28. The van der Waals surface area contributed by atoms with Crippen LogP contribution in [0.5, 0.6) is 0 Å². The van der Waals surface area contributed by atoms with Gasteiger partial charge < -0.3 is 10.2 Å². The van der Waals surface area contributed by atoms with Crippen LogP contribution in [0.3, 0.4) is 0 Å². The molecule has 1 aromatic rings. The van der Waals surface area contributed by atoms with Crippen LogP contribution >= 0.6 is 0 Å². The van der Waals surface area contributed by atoms with Crippen molar-refractivity contribution < 1.29 is 14.5 Å². The summed E-state index contributed by atoms with van der Waals surface area (Å²) in [5, 5.41) is 13.8. The smallest absolute Gasteiger partial charge is 0.293 e. The van der Waals surface area contributed by atoms with Gasteiger partial charge in [0.25, 0.3) is 5.69 Å².